The van der Waals surface area contributed by atoms with E-state index in [2.05, 4.69) is 4.72 Å². The van der Waals surface area contributed by atoms with Crippen LogP contribution in [-0.4, -0.2) is 13.5 Å². The molecule has 4 nitrogen and oxygen atoms in total. The molecule has 0 unspecified atom stereocenters. The zero-order valence-electron chi connectivity index (χ0n) is 12.3. The number of sulfonamides is 1. The maximum absolute atomic E-state index is 12.4. The number of phenolic OH excluding ortho intramolecular Hbond substituents is 1. The first-order valence-corrected chi connectivity index (χ1v) is 8.24. The number of aromatic hydroxyl groups is 1. The Morgan fingerprint density at radius 1 is 1.05 bits per heavy atom. The molecule has 0 spiro atoms. The number of benzene rings is 2. The van der Waals surface area contributed by atoms with E-state index in [1.165, 1.54) is 6.07 Å². The molecule has 2 N–H and O–H groups in total. The maximum atomic E-state index is 12.4. The molecule has 0 atom stereocenters. The molecule has 112 valence electrons. The van der Waals surface area contributed by atoms with Crippen molar-refractivity contribution in [1.29, 1.82) is 0 Å². The molecular formula is C16H19NO3S. The van der Waals surface area contributed by atoms with Crippen molar-refractivity contribution in [2.24, 2.45) is 0 Å². The van der Waals surface area contributed by atoms with E-state index in [0.29, 0.717) is 0 Å². The van der Waals surface area contributed by atoms with E-state index < -0.39 is 10.0 Å². The van der Waals surface area contributed by atoms with Crippen LogP contribution in [0.3, 0.4) is 0 Å². The molecule has 0 aliphatic carbocycles. The van der Waals surface area contributed by atoms with Crippen molar-refractivity contribution in [1.82, 2.24) is 0 Å². The summed E-state index contributed by atoms with van der Waals surface area (Å²) in [7, 11) is -3.71. The average Bonchev–Trinajstić information content (AvgIpc) is 2.44. The molecule has 0 amide bonds. The third-order valence-corrected chi connectivity index (χ3v) is 4.87. The van der Waals surface area contributed by atoms with E-state index in [-0.39, 0.29) is 16.3 Å². The van der Waals surface area contributed by atoms with Crippen molar-refractivity contribution >= 4 is 15.7 Å². The van der Waals surface area contributed by atoms with Crippen LogP contribution in [0.25, 0.3) is 0 Å². The Hall–Kier alpha value is -2.01. The summed E-state index contributed by atoms with van der Waals surface area (Å²) in [6.45, 7) is 5.76. The van der Waals surface area contributed by atoms with Gasteiger partial charge in [0.05, 0.1) is 10.6 Å². The predicted octanol–water partition coefficient (Wildman–Crippen LogP) is 3.37. The summed E-state index contributed by atoms with van der Waals surface area (Å²) in [5, 5.41) is 9.81. The first-order valence-electron chi connectivity index (χ1n) is 6.75. The van der Waals surface area contributed by atoms with E-state index in [1.807, 2.05) is 20.8 Å². The van der Waals surface area contributed by atoms with E-state index in [1.54, 1.807) is 30.3 Å². The van der Waals surface area contributed by atoms with Crippen LogP contribution in [0, 0.1) is 13.8 Å². The summed E-state index contributed by atoms with van der Waals surface area (Å²) in [6, 6.07) is 9.87. The van der Waals surface area contributed by atoms with Gasteiger partial charge in [0.25, 0.3) is 10.0 Å². The first-order chi connectivity index (χ1) is 9.83. The van der Waals surface area contributed by atoms with Gasteiger partial charge in [0.2, 0.25) is 0 Å². The molecule has 2 rings (SSSR count). The smallest absolute Gasteiger partial charge is 0.262 e. The number of aryl methyl sites for hydroxylation is 3. The molecule has 0 heterocycles. The Kier molecular flexibility index (Phi) is 4.23. The van der Waals surface area contributed by atoms with Crippen molar-refractivity contribution < 1.29 is 13.5 Å². The summed E-state index contributed by atoms with van der Waals surface area (Å²) in [6.07, 6.45) is 0.763. The molecule has 0 bridgehead atoms. The van der Waals surface area contributed by atoms with Crippen LogP contribution in [-0.2, 0) is 16.4 Å². The quantitative estimate of drug-likeness (QED) is 0.851. The van der Waals surface area contributed by atoms with Crippen molar-refractivity contribution in [3.05, 3.63) is 53.1 Å². The van der Waals surface area contributed by atoms with Gasteiger partial charge in [-0.1, -0.05) is 19.1 Å². The van der Waals surface area contributed by atoms with Crippen molar-refractivity contribution in [2.45, 2.75) is 32.1 Å². The van der Waals surface area contributed by atoms with Gasteiger partial charge in [0.1, 0.15) is 5.75 Å². The fourth-order valence-corrected chi connectivity index (χ4v) is 3.12. The van der Waals surface area contributed by atoms with Gasteiger partial charge in [0.15, 0.2) is 0 Å². The molecular weight excluding hydrogens is 286 g/mol. The Morgan fingerprint density at radius 3 is 2.38 bits per heavy atom. The lowest BCUT2D eigenvalue weighted by atomic mass is 10.1. The number of rotatable bonds is 4. The first kappa shape index (κ1) is 15.4. The highest BCUT2D eigenvalue weighted by atomic mass is 32.2. The minimum Gasteiger partial charge on any atom is -0.506 e. The lowest BCUT2D eigenvalue weighted by Gasteiger charge is -2.12. The van der Waals surface area contributed by atoms with Crippen molar-refractivity contribution in [3.8, 4) is 5.75 Å². The molecule has 2 aromatic carbocycles. The summed E-state index contributed by atoms with van der Waals surface area (Å²) in [4.78, 5) is 0.187. The standard InChI is InChI=1S/C16H19NO3S/c1-4-13-6-8-16(18)15(10-13)17-21(19,20)14-7-5-11(2)12(3)9-14/h5-10,17-18H,4H2,1-3H3. The maximum Gasteiger partial charge on any atom is 0.262 e. The normalized spacial score (nSPS) is 11.4. The zero-order valence-corrected chi connectivity index (χ0v) is 13.2. The van der Waals surface area contributed by atoms with Crippen LogP contribution in [0.5, 0.6) is 5.75 Å². The van der Waals surface area contributed by atoms with Gasteiger partial charge >= 0.3 is 0 Å². The van der Waals surface area contributed by atoms with Crippen LogP contribution in [0.1, 0.15) is 23.6 Å². The number of hydrogen-bond donors (Lipinski definition) is 2. The summed E-state index contributed by atoms with van der Waals surface area (Å²) >= 11 is 0. The van der Waals surface area contributed by atoms with Crippen LogP contribution in [0.2, 0.25) is 0 Å². The SMILES string of the molecule is CCc1ccc(O)c(NS(=O)(=O)c2ccc(C)c(C)c2)c1. The fourth-order valence-electron chi connectivity index (χ4n) is 1.97. The highest BCUT2D eigenvalue weighted by Gasteiger charge is 2.16. The molecule has 0 fully saturated rings. The summed E-state index contributed by atoms with van der Waals surface area (Å²) < 4.78 is 27.2. The van der Waals surface area contributed by atoms with Crippen molar-refractivity contribution in [2.75, 3.05) is 4.72 Å². The lowest BCUT2D eigenvalue weighted by molar-refractivity contribution is 0.477. The second-order valence-corrected chi connectivity index (χ2v) is 6.74. The minimum atomic E-state index is -3.71. The third kappa shape index (κ3) is 3.36. The van der Waals surface area contributed by atoms with E-state index in [4.69, 9.17) is 0 Å². The van der Waals surface area contributed by atoms with Crippen molar-refractivity contribution in [3.63, 3.8) is 0 Å². The van der Waals surface area contributed by atoms with Gasteiger partial charge in [-0.2, -0.15) is 0 Å². The van der Waals surface area contributed by atoms with Crippen LogP contribution in [0.4, 0.5) is 5.69 Å². The van der Waals surface area contributed by atoms with Gasteiger partial charge in [-0.05, 0) is 61.2 Å². The van der Waals surface area contributed by atoms with Gasteiger partial charge in [-0.3, -0.25) is 4.72 Å². The molecule has 21 heavy (non-hydrogen) atoms. The highest BCUT2D eigenvalue weighted by molar-refractivity contribution is 7.92. The molecule has 0 aliphatic rings. The highest BCUT2D eigenvalue weighted by Crippen LogP contribution is 2.27. The summed E-state index contributed by atoms with van der Waals surface area (Å²) in [5.41, 5.74) is 3.09. The van der Waals surface area contributed by atoms with Crippen LogP contribution < -0.4 is 4.72 Å². The number of phenols is 1. The zero-order chi connectivity index (χ0) is 15.6. The average molecular weight is 305 g/mol. The van der Waals surface area contributed by atoms with Gasteiger partial charge in [-0.15, -0.1) is 0 Å². The van der Waals surface area contributed by atoms with E-state index in [0.717, 1.165) is 23.1 Å². The Morgan fingerprint density at radius 2 is 1.76 bits per heavy atom. The molecule has 0 radical (unpaired) electrons. The Labute approximate surface area is 125 Å². The summed E-state index contributed by atoms with van der Waals surface area (Å²) in [5.74, 6) is -0.0837. The molecule has 5 heteroatoms. The molecule has 0 saturated carbocycles. The van der Waals surface area contributed by atoms with Crippen LogP contribution in [0.15, 0.2) is 41.3 Å². The number of anilines is 1. The molecule has 0 aromatic heterocycles. The minimum absolute atomic E-state index is 0.0837. The monoisotopic (exact) mass is 305 g/mol. The molecule has 2 aromatic rings. The number of nitrogens with one attached hydrogen (secondary N) is 1. The number of hydrogen-bond acceptors (Lipinski definition) is 3. The largest absolute Gasteiger partial charge is 0.506 e. The van der Waals surface area contributed by atoms with E-state index >= 15 is 0 Å². The predicted molar refractivity (Wildman–Crippen MR) is 84.2 cm³/mol. The fraction of sp³-hybridized carbons (Fsp3) is 0.250. The van der Waals surface area contributed by atoms with E-state index in [9.17, 15) is 13.5 Å². The Balaban J connectivity index is 2.39. The topological polar surface area (TPSA) is 66.4 Å². The third-order valence-electron chi connectivity index (χ3n) is 3.50. The lowest BCUT2D eigenvalue weighted by Crippen LogP contribution is -2.13. The molecule has 0 aliphatic heterocycles. The van der Waals surface area contributed by atoms with Gasteiger partial charge in [-0.25, -0.2) is 8.42 Å². The Bertz CT molecular complexity index is 767. The molecule has 0 saturated heterocycles. The van der Waals surface area contributed by atoms with Gasteiger partial charge < -0.3 is 5.11 Å². The van der Waals surface area contributed by atoms with Crippen LogP contribution >= 0.6 is 0 Å². The van der Waals surface area contributed by atoms with Gasteiger partial charge in [0, 0.05) is 0 Å². The second kappa shape index (κ2) is 5.77. The second-order valence-electron chi connectivity index (χ2n) is 5.06.